The molecule has 0 unspecified atom stereocenters. The number of unbranched alkanes of at least 4 members (excludes halogenated alkanes) is 6. The zero-order chi connectivity index (χ0) is 14.8. The second kappa shape index (κ2) is 9.40. The standard InChI is InChI=1S/C17H26O3/c1-2-3-4-5-6-7-8-9-15-12-14(13-17(19)20)10-11-16(15)18/h10-12,18H,2-9,13H2,1H3,(H,19,20). The highest BCUT2D eigenvalue weighted by Gasteiger charge is 2.06. The van der Waals surface area contributed by atoms with Crippen LogP contribution in [0.15, 0.2) is 18.2 Å². The third kappa shape index (κ3) is 6.60. The van der Waals surface area contributed by atoms with Crippen LogP contribution in [-0.4, -0.2) is 16.2 Å². The van der Waals surface area contributed by atoms with Gasteiger partial charge in [0, 0.05) is 0 Å². The van der Waals surface area contributed by atoms with Crippen molar-refractivity contribution in [3.8, 4) is 5.75 Å². The smallest absolute Gasteiger partial charge is 0.307 e. The highest BCUT2D eigenvalue weighted by molar-refractivity contribution is 5.70. The summed E-state index contributed by atoms with van der Waals surface area (Å²) in [7, 11) is 0. The van der Waals surface area contributed by atoms with E-state index in [4.69, 9.17) is 5.11 Å². The summed E-state index contributed by atoms with van der Waals surface area (Å²) in [6, 6.07) is 5.10. The Morgan fingerprint density at radius 2 is 1.70 bits per heavy atom. The second-order valence-corrected chi connectivity index (χ2v) is 5.40. The molecule has 0 aromatic heterocycles. The Hall–Kier alpha value is -1.51. The maximum atomic E-state index is 10.7. The molecule has 20 heavy (non-hydrogen) atoms. The molecular weight excluding hydrogens is 252 g/mol. The van der Waals surface area contributed by atoms with Gasteiger partial charge in [-0.1, -0.05) is 57.6 Å². The quantitative estimate of drug-likeness (QED) is 0.627. The van der Waals surface area contributed by atoms with Gasteiger partial charge in [0.1, 0.15) is 5.75 Å². The van der Waals surface area contributed by atoms with Crippen molar-refractivity contribution in [1.82, 2.24) is 0 Å². The van der Waals surface area contributed by atoms with Gasteiger partial charge in [-0.15, -0.1) is 0 Å². The van der Waals surface area contributed by atoms with Gasteiger partial charge in [0.25, 0.3) is 0 Å². The van der Waals surface area contributed by atoms with Gasteiger partial charge in [-0.3, -0.25) is 4.79 Å². The predicted octanol–water partition coefficient (Wildman–Crippen LogP) is 4.31. The Morgan fingerprint density at radius 3 is 2.35 bits per heavy atom. The highest BCUT2D eigenvalue weighted by Crippen LogP contribution is 2.21. The van der Waals surface area contributed by atoms with Crippen LogP contribution in [0.2, 0.25) is 0 Å². The Labute approximate surface area is 121 Å². The van der Waals surface area contributed by atoms with Crippen molar-refractivity contribution in [3.63, 3.8) is 0 Å². The lowest BCUT2D eigenvalue weighted by Crippen LogP contribution is -2.00. The van der Waals surface area contributed by atoms with E-state index in [1.807, 2.05) is 6.07 Å². The largest absolute Gasteiger partial charge is 0.508 e. The fraction of sp³-hybridized carbons (Fsp3) is 0.588. The molecule has 0 saturated heterocycles. The van der Waals surface area contributed by atoms with E-state index in [0.29, 0.717) is 0 Å². The van der Waals surface area contributed by atoms with Gasteiger partial charge in [-0.25, -0.2) is 0 Å². The fourth-order valence-corrected chi connectivity index (χ4v) is 2.40. The summed E-state index contributed by atoms with van der Waals surface area (Å²) >= 11 is 0. The number of rotatable bonds is 10. The van der Waals surface area contributed by atoms with Crippen LogP contribution in [0.1, 0.15) is 63.0 Å². The summed E-state index contributed by atoms with van der Waals surface area (Å²) in [5.74, 6) is -0.553. The number of phenols is 1. The minimum Gasteiger partial charge on any atom is -0.508 e. The number of aromatic hydroxyl groups is 1. The Kier molecular flexibility index (Phi) is 7.78. The van der Waals surface area contributed by atoms with E-state index in [2.05, 4.69) is 6.92 Å². The molecule has 0 amide bonds. The molecule has 0 atom stereocenters. The van der Waals surface area contributed by atoms with Crippen molar-refractivity contribution in [1.29, 1.82) is 0 Å². The molecule has 0 aliphatic rings. The maximum Gasteiger partial charge on any atom is 0.307 e. The third-order valence-corrected chi connectivity index (χ3v) is 3.55. The van der Waals surface area contributed by atoms with Crippen molar-refractivity contribution >= 4 is 5.97 Å². The number of aliphatic carboxylic acids is 1. The van der Waals surface area contributed by atoms with Gasteiger partial charge in [-0.05, 0) is 30.0 Å². The number of hydrogen-bond donors (Lipinski definition) is 2. The van der Waals surface area contributed by atoms with E-state index < -0.39 is 5.97 Å². The lowest BCUT2D eigenvalue weighted by Gasteiger charge is -2.07. The number of carbonyl (C=O) groups is 1. The van der Waals surface area contributed by atoms with Crippen molar-refractivity contribution in [2.75, 3.05) is 0 Å². The molecule has 0 aliphatic heterocycles. The monoisotopic (exact) mass is 278 g/mol. The van der Waals surface area contributed by atoms with Gasteiger partial charge in [0.15, 0.2) is 0 Å². The number of carboxylic acid groups (broad SMARTS) is 1. The van der Waals surface area contributed by atoms with E-state index in [0.717, 1.165) is 24.0 Å². The van der Waals surface area contributed by atoms with Gasteiger partial charge in [0.05, 0.1) is 6.42 Å². The van der Waals surface area contributed by atoms with E-state index in [-0.39, 0.29) is 12.2 Å². The average molecular weight is 278 g/mol. The molecule has 1 aromatic carbocycles. The van der Waals surface area contributed by atoms with Gasteiger partial charge < -0.3 is 10.2 Å². The second-order valence-electron chi connectivity index (χ2n) is 5.40. The van der Waals surface area contributed by atoms with E-state index in [1.165, 1.54) is 38.5 Å². The highest BCUT2D eigenvalue weighted by atomic mass is 16.4. The normalized spacial score (nSPS) is 10.7. The molecule has 1 rings (SSSR count). The predicted molar refractivity (Wildman–Crippen MR) is 81.1 cm³/mol. The first-order valence-electron chi connectivity index (χ1n) is 7.66. The molecule has 1 aromatic rings. The Bertz CT molecular complexity index is 413. The zero-order valence-electron chi connectivity index (χ0n) is 12.4. The van der Waals surface area contributed by atoms with E-state index in [1.54, 1.807) is 12.1 Å². The minimum absolute atomic E-state index is 0.0182. The SMILES string of the molecule is CCCCCCCCCc1cc(CC(=O)O)ccc1O. The van der Waals surface area contributed by atoms with Crippen LogP contribution < -0.4 is 0 Å². The fourth-order valence-electron chi connectivity index (χ4n) is 2.40. The minimum atomic E-state index is -0.836. The molecule has 0 radical (unpaired) electrons. The van der Waals surface area contributed by atoms with Crippen LogP contribution in [0, 0.1) is 0 Å². The van der Waals surface area contributed by atoms with Crippen LogP contribution in [0.5, 0.6) is 5.75 Å². The molecule has 0 heterocycles. The van der Waals surface area contributed by atoms with Crippen molar-refractivity contribution in [2.24, 2.45) is 0 Å². The number of aryl methyl sites for hydroxylation is 1. The number of phenolic OH excluding ortho intramolecular Hbond substituents is 1. The lowest BCUT2D eigenvalue weighted by atomic mass is 10.0. The summed E-state index contributed by atoms with van der Waals surface area (Å²) in [6.45, 7) is 2.22. The Morgan fingerprint density at radius 1 is 1.05 bits per heavy atom. The molecule has 0 spiro atoms. The van der Waals surface area contributed by atoms with Crippen molar-refractivity contribution in [3.05, 3.63) is 29.3 Å². The number of hydrogen-bond acceptors (Lipinski definition) is 2. The number of carboxylic acids is 1. The third-order valence-electron chi connectivity index (χ3n) is 3.55. The first-order chi connectivity index (χ1) is 9.63. The Balaban J connectivity index is 2.33. The van der Waals surface area contributed by atoms with E-state index >= 15 is 0 Å². The van der Waals surface area contributed by atoms with Gasteiger partial charge in [0.2, 0.25) is 0 Å². The van der Waals surface area contributed by atoms with Crippen LogP contribution in [-0.2, 0) is 17.6 Å². The van der Waals surface area contributed by atoms with Crippen LogP contribution in [0.4, 0.5) is 0 Å². The van der Waals surface area contributed by atoms with Crippen molar-refractivity contribution < 1.29 is 15.0 Å². The lowest BCUT2D eigenvalue weighted by molar-refractivity contribution is -0.136. The molecule has 3 heteroatoms. The summed E-state index contributed by atoms with van der Waals surface area (Å²) in [5, 5.41) is 18.6. The molecule has 0 fully saturated rings. The van der Waals surface area contributed by atoms with E-state index in [9.17, 15) is 9.90 Å². The first-order valence-corrected chi connectivity index (χ1v) is 7.66. The summed E-state index contributed by atoms with van der Waals surface area (Å²) < 4.78 is 0. The molecule has 0 bridgehead atoms. The summed E-state index contributed by atoms with van der Waals surface area (Å²) in [6.07, 6.45) is 9.51. The van der Waals surface area contributed by atoms with Gasteiger partial charge in [-0.2, -0.15) is 0 Å². The average Bonchev–Trinajstić information content (AvgIpc) is 2.40. The van der Waals surface area contributed by atoms with Gasteiger partial charge >= 0.3 is 5.97 Å². The molecule has 0 saturated carbocycles. The molecular formula is C17H26O3. The maximum absolute atomic E-state index is 10.7. The molecule has 2 N–H and O–H groups in total. The molecule has 0 aliphatic carbocycles. The molecule has 3 nitrogen and oxygen atoms in total. The number of benzene rings is 1. The summed E-state index contributed by atoms with van der Waals surface area (Å²) in [5.41, 5.74) is 1.63. The molecule has 112 valence electrons. The first kappa shape index (κ1) is 16.5. The van der Waals surface area contributed by atoms with Crippen LogP contribution in [0.3, 0.4) is 0 Å². The zero-order valence-corrected chi connectivity index (χ0v) is 12.4. The van der Waals surface area contributed by atoms with Crippen LogP contribution >= 0.6 is 0 Å². The summed E-state index contributed by atoms with van der Waals surface area (Å²) in [4.78, 5) is 10.7. The topological polar surface area (TPSA) is 57.5 Å². The van der Waals surface area contributed by atoms with Crippen LogP contribution in [0.25, 0.3) is 0 Å². The van der Waals surface area contributed by atoms with Crippen molar-refractivity contribution in [2.45, 2.75) is 64.7 Å².